The number of para-hydroxylation sites is 1. The second-order valence-electron chi connectivity index (χ2n) is 13.8. The Morgan fingerprint density at radius 2 is 1.22 bits per heavy atom. The molecule has 9 aromatic rings. The fourth-order valence-corrected chi connectivity index (χ4v) is 10.3. The van der Waals surface area contributed by atoms with Crippen molar-refractivity contribution >= 4 is 60.2 Å². The molecule has 0 aliphatic heterocycles. The van der Waals surface area contributed by atoms with Gasteiger partial charge in [0.05, 0.1) is 0 Å². The van der Waals surface area contributed by atoms with E-state index in [4.69, 9.17) is 4.42 Å². The summed E-state index contributed by atoms with van der Waals surface area (Å²) < 4.78 is 7.68. The van der Waals surface area contributed by atoms with Gasteiger partial charge in [0.1, 0.15) is 11.2 Å². The first-order valence-corrected chi connectivity index (χ1v) is 18.5. The molecule has 1 nitrogen and oxygen atoms in total. The van der Waals surface area contributed by atoms with Gasteiger partial charge in [0.2, 0.25) is 0 Å². The van der Waals surface area contributed by atoms with E-state index in [-0.39, 0.29) is 0 Å². The number of hydrogen-bond donors (Lipinski definition) is 0. The maximum Gasteiger partial charge on any atom is 0.135 e. The molecule has 0 saturated heterocycles. The van der Waals surface area contributed by atoms with Gasteiger partial charge in [-0.25, -0.2) is 0 Å². The molecule has 0 amide bonds. The SMILES string of the molecule is C1=Cc2ccc(-c3cccc4c5c(sc34)-c3c(c(-c4ccccc4)c(-c4ccc6oc7ccccc7c6c4)c4ccccc34)CC5)cc2CC1. The normalized spacial score (nSPS) is 13.6. The highest BCUT2D eigenvalue weighted by Gasteiger charge is 2.29. The fourth-order valence-electron chi connectivity index (χ4n) is 8.81. The van der Waals surface area contributed by atoms with Crippen molar-refractivity contribution in [2.75, 3.05) is 0 Å². The maximum absolute atomic E-state index is 6.27. The lowest BCUT2D eigenvalue weighted by Gasteiger charge is -2.26. The van der Waals surface area contributed by atoms with Crippen LogP contribution in [0, 0.1) is 0 Å². The Morgan fingerprint density at radius 1 is 0.480 bits per heavy atom. The van der Waals surface area contributed by atoms with Gasteiger partial charge in [0, 0.05) is 25.9 Å². The van der Waals surface area contributed by atoms with Gasteiger partial charge in [-0.2, -0.15) is 0 Å². The van der Waals surface area contributed by atoms with Gasteiger partial charge in [0.25, 0.3) is 0 Å². The molecule has 11 rings (SSSR count). The van der Waals surface area contributed by atoms with E-state index < -0.39 is 0 Å². The van der Waals surface area contributed by atoms with Crippen LogP contribution in [0.2, 0.25) is 0 Å². The van der Waals surface area contributed by atoms with Gasteiger partial charge >= 0.3 is 0 Å². The average Bonchev–Trinajstić information content (AvgIpc) is 3.75. The van der Waals surface area contributed by atoms with Gasteiger partial charge in [-0.3, -0.25) is 0 Å². The summed E-state index contributed by atoms with van der Waals surface area (Å²) in [5.74, 6) is 0. The number of benzene rings is 7. The first-order chi connectivity index (χ1) is 24.8. The standard InChI is InChI=1S/C48H32OS/c1-2-12-30(13-3-1)44-40-25-24-39-38-19-10-18-34(32-22-21-29-11-4-5-14-31(29)27-32)47(38)50-48(39)46(40)37-17-7-6-16-36(37)45(44)33-23-26-43-41(28-33)35-15-8-9-20-42(35)49-43/h1-4,6-13,15-23,26-28H,5,14,24-25H2. The topological polar surface area (TPSA) is 13.1 Å². The van der Waals surface area contributed by atoms with E-state index in [0.717, 1.165) is 47.6 Å². The van der Waals surface area contributed by atoms with E-state index in [1.165, 1.54) is 86.9 Å². The van der Waals surface area contributed by atoms with Crippen LogP contribution in [-0.2, 0) is 19.3 Å². The first-order valence-electron chi connectivity index (χ1n) is 17.7. The van der Waals surface area contributed by atoms with Crippen LogP contribution in [0.3, 0.4) is 0 Å². The van der Waals surface area contributed by atoms with Crippen molar-refractivity contribution in [2.45, 2.75) is 25.7 Å². The Balaban J connectivity index is 1.20. The summed E-state index contributed by atoms with van der Waals surface area (Å²) in [6.07, 6.45) is 8.85. The molecule has 2 aliphatic rings. The minimum absolute atomic E-state index is 0.930. The molecule has 0 bridgehead atoms. The Kier molecular flexibility index (Phi) is 6.14. The van der Waals surface area contributed by atoms with Crippen LogP contribution < -0.4 is 0 Å². The van der Waals surface area contributed by atoms with Crippen LogP contribution in [0.25, 0.3) is 92.7 Å². The largest absolute Gasteiger partial charge is 0.456 e. The number of rotatable bonds is 3. The van der Waals surface area contributed by atoms with Crippen molar-refractivity contribution < 1.29 is 4.42 Å². The van der Waals surface area contributed by atoms with Crippen molar-refractivity contribution in [1.82, 2.24) is 0 Å². The zero-order valence-corrected chi connectivity index (χ0v) is 28.3. The first kappa shape index (κ1) is 28.2. The number of allylic oxidation sites excluding steroid dienone is 1. The van der Waals surface area contributed by atoms with Crippen molar-refractivity contribution in [1.29, 1.82) is 0 Å². The highest BCUT2D eigenvalue weighted by Crippen LogP contribution is 2.54. The highest BCUT2D eigenvalue weighted by molar-refractivity contribution is 7.23. The molecule has 2 heteroatoms. The molecule has 2 aromatic heterocycles. The second kappa shape index (κ2) is 10.9. The molecule has 2 aliphatic carbocycles. The molecule has 0 unspecified atom stereocenters. The molecule has 2 heterocycles. The minimum atomic E-state index is 0.930. The molecule has 50 heavy (non-hydrogen) atoms. The molecular formula is C48H32OS. The third-order valence-corrected chi connectivity index (χ3v) is 12.3. The summed E-state index contributed by atoms with van der Waals surface area (Å²) in [6, 6.07) is 49.4. The molecule has 0 fully saturated rings. The highest BCUT2D eigenvalue weighted by atomic mass is 32.1. The van der Waals surface area contributed by atoms with Crippen LogP contribution >= 0.6 is 11.3 Å². The van der Waals surface area contributed by atoms with Crippen LogP contribution in [-0.4, -0.2) is 0 Å². The summed E-state index contributed by atoms with van der Waals surface area (Å²) >= 11 is 2.00. The van der Waals surface area contributed by atoms with Gasteiger partial charge < -0.3 is 4.42 Å². The predicted molar refractivity (Wildman–Crippen MR) is 213 cm³/mol. The molecule has 0 atom stereocenters. The number of thiophene rings is 1. The lowest BCUT2D eigenvalue weighted by molar-refractivity contribution is 0.669. The minimum Gasteiger partial charge on any atom is -0.456 e. The maximum atomic E-state index is 6.27. The summed E-state index contributed by atoms with van der Waals surface area (Å²) in [7, 11) is 0. The lowest BCUT2D eigenvalue weighted by atomic mass is 9.77. The van der Waals surface area contributed by atoms with Crippen molar-refractivity contribution in [3.05, 3.63) is 162 Å². The summed E-state index contributed by atoms with van der Waals surface area (Å²) in [5.41, 5.74) is 16.9. The smallest absolute Gasteiger partial charge is 0.135 e. The summed E-state index contributed by atoms with van der Waals surface area (Å²) in [6.45, 7) is 0. The van der Waals surface area contributed by atoms with Crippen LogP contribution in [0.15, 0.2) is 144 Å². The molecule has 7 aromatic carbocycles. The second-order valence-corrected chi connectivity index (χ2v) is 14.8. The quantitative estimate of drug-likeness (QED) is 0.184. The number of furan rings is 1. The molecule has 0 radical (unpaired) electrons. The van der Waals surface area contributed by atoms with Gasteiger partial charge in [-0.15, -0.1) is 11.3 Å². The number of fused-ring (bicyclic) bond motifs is 11. The zero-order valence-electron chi connectivity index (χ0n) is 27.5. The van der Waals surface area contributed by atoms with E-state index in [2.05, 4.69) is 140 Å². The number of aryl methyl sites for hydroxylation is 2. The summed E-state index contributed by atoms with van der Waals surface area (Å²) in [4.78, 5) is 1.44. The van der Waals surface area contributed by atoms with E-state index in [9.17, 15) is 0 Å². The van der Waals surface area contributed by atoms with E-state index in [0.29, 0.717) is 0 Å². The third kappa shape index (κ3) is 4.12. The zero-order chi connectivity index (χ0) is 32.8. The Labute approximate surface area is 294 Å². The van der Waals surface area contributed by atoms with Gasteiger partial charge in [-0.05, 0) is 116 Å². The van der Waals surface area contributed by atoms with Gasteiger partial charge in [0.15, 0.2) is 0 Å². The Bertz CT molecular complexity index is 2860. The average molecular weight is 657 g/mol. The molecule has 236 valence electrons. The fraction of sp³-hybridized carbons (Fsp3) is 0.0833. The third-order valence-electron chi connectivity index (χ3n) is 11.0. The molecule has 0 spiro atoms. The predicted octanol–water partition coefficient (Wildman–Crippen LogP) is 13.7. The Morgan fingerprint density at radius 3 is 2.12 bits per heavy atom. The monoisotopic (exact) mass is 656 g/mol. The number of hydrogen-bond acceptors (Lipinski definition) is 2. The summed E-state index contributed by atoms with van der Waals surface area (Å²) in [5, 5.41) is 6.37. The van der Waals surface area contributed by atoms with Crippen LogP contribution in [0.1, 0.15) is 28.7 Å². The van der Waals surface area contributed by atoms with Crippen molar-refractivity contribution in [2.24, 2.45) is 0 Å². The molecule has 0 saturated carbocycles. The lowest BCUT2D eigenvalue weighted by Crippen LogP contribution is -2.06. The molecule has 0 N–H and O–H groups in total. The van der Waals surface area contributed by atoms with Crippen molar-refractivity contribution in [3.63, 3.8) is 0 Å². The van der Waals surface area contributed by atoms with E-state index in [1.54, 1.807) is 0 Å². The van der Waals surface area contributed by atoms with Crippen LogP contribution in [0.4, 0.5) is 0 Å². The van der Waals surface area contributed by atoms with Crippen molar-refractivity contribution in [3.8, 4) is 43.8 Å². The van der Waals surface area contributed by atoms with E-state index in [1.807, 2.05) is 17.4 Å². The van der Waals surface area contributed by atoms with E-state index >= 15 is 0 Å². The van der Waals surface area contributed by atoms with Crippen LogP contribution in [0.5, 0.6) is 0 Å². The Hall–Kier alpha value is -5.70. The molecular weight excluding hydrogens is 625 g/mol. The van der Waals surface area contributed by atoms with Gasteiger partial charge in [-0.1, -0.05) is 127 Å².